The summed E-state index contributed by atoms with van der Waals surface area (Å²) in [6.07, 6.45) is 0.957. The summed E-state index contributed by atoms with van der Waals surface area (Å²) in [5, 5.41) is 7.39. The van der Waals surface area contributed by atoms with Crippen molar-refractivity contribution in [3.05, 3.63) is 65.7 Å². The Morgan fingerprint density at radius 2 is 1.58 bits per heavy atom. The van der Waals surface area contributed by atoms with Gasteiger partial charge in [0.25, 0.3) is 0 Å². The van der Waals surface area contributed by atoms with E-state index < -0.39 is 0 Å². The Kier molecular flexibility index (Phi) is 9.14. The van der Waals surface area contributed by atoms with E-state index >= 15 is 0 Å². The third-order valence-electron chi connectivity index (χ3n) is 4.32. The van der Waals surface area contributed by atoms with Crippen molar-refractivity contribution in [2.45, 2.75) is 51.7 Å². The van der Waals surface area contributed by atoms with Gasteiger partial charge < -0.3 is 15.4 Å². The molecule has 0 aromatic heterocycles. The van der Waals surface area contributed by atoms with Crippen LogP contribution in [0.1, 0.15) is 44.9 Å². The summed E-state index contributed by atoms with van der Waals surface area (Å²) in [4.78, 5) is 0. The number of nitrogens with one attached hydrogen (secondary N) is 2. The molecule has 2 rings (SSSR count). The molecule has 2 aromatic rings. The van der Waals surface area contributed by atoms with Crippen LogP contribution < -0.4 is 15.4 Å². The highest BCUT2D eigenvalue weighted by atomic mass is 35.5. The van der Waals surface area contributed by atoms with Crippen LogP contribution in [0.4, 0.5) is 0 Å². The Morgan fingerprint density at radius 1 is 0.962 bits per heavy atom. The Bertz CT molecular complexity index is 626. The van der Waals surface area contributed by atoms with Gasteiger partial charge in [0.2, 0.25) is 0 Å². The fourth-order valence-electron chi connectivity index (χ4n) is 2.92. The van der Waals surface area contributed by atoms with Crippen LogP contribution in [-0.2, 0) is 6.42 Å². The number of rotatable bonds is 9. The van der Waals surface area contributed by atoms with Crippen molar-refractivity contribution in [2.75, 3.05) is 13.7 Å². The number of ether oxygens (including phenoxy) is 1. The molecule has 26 heavy (non-hydrogen) atoms. The first-order valence-corrected chi connectivity index (χ1v) is 9.08. The topological polar surface area (TPSA) is 33.3 Å². The van der Waals surface area contributed by atoms with Gasteiger partial charge in [0.1, 0.15) is 5.75 Å². The molecule has 0 radical (unpaired) electrons. The first-order chi connectivity index (χ1) is 11.9. The third-order valence-corrected chi connectivity index (χ3v) is 4.32. The minimum Gasteiger partial charge on any atom is -0.497 e. The molecule has 0 fully saturated rings. The predicted octanol–water partition coefficient (Wildman–Crippen LogP) is 4.77. The monoisotopic (exact) mass is 376 g/mol. The second-order valence-electron chi connectivity index (χ2n) is 7.58. The highest BCUT2D eigenvalue weighted by molar-refractivity contribution is 5.85. The first kappa shape index (κ1) is 22.5. The predicted molar refractivity (Wildman–Crippen MR) is 113 cm³/mol. The van der Waals surface area contributed by atoms with E-state index in [9.17, 15) is 0 Å². The molecule has 4 heteroatoms. The number of methoxy groups -OCH3 is 1. The van der Waals surface area contributed by atoms with E-state index in [0.717, 1.165) is 18.7 Å². The fourth-order valence-corrected chi connectivity index (χ4v) is 2.92. The van der Waals surface area contributed by atoms with Crippen molar-refractivity contribution in [1.29, 1.82) is 0 Å². The van der Waals surface area contributed by atoms with Crippen LogP contribution in [-0.4, -0.2) is 25.2 Å². The molecular formula is C22H33ClN2O. The maximum Gasteiger partial charge on any atom is 0.118 e. The van der Waals surface area contributed by atoms with Gasteiger partial charge in [0.15, 0.2) is 0 Å². The van der Waals surface area contributed by atoms with Crippen molar-refractivity contribution in [3.63, 3.8) is 0 Å². The number of hydrogen-bond acceptors (Lipinski definition) is 3. The molecule has 144 valence electrons. The zero-order chi connectivity index (χ0) is 18.3. The van der Waals surface area contributed by atoms with E-state index in [0.29, 0.717) is 6.04 Å². The fraction of sp³-hybridized carbons (Fsp3) is 0.455. The molecule has 0 amide bonds. The quantitative estimate of drug-likeness (QED) is 0.661. The van der Waals surface area contributed by atoms with Gasteiger partial charge in [0, 0.05) is 24.2 Å². The third kappa shape index (κ3) is 7.36. The number of hydrogen-bond donors (Lipinski definition) is 2. The molecule has 1 atom stereocenters. The summed E-state index contributed by atoms with van der Waals surface area (Å²) < 4.78 is 5.30. The second kappa shape index (κ2) is 10.6. The van der Waals surface area contributed by atoms with Crippen molar-refractivity contribution in [3.8, 4) is 5.75 Å². The summed E-state index contributed by atoms with van der Waals surface area (Å²) in [6.45, 7) is 9.79. The van der Waals surface area contributed by atoms with Gasteiger partial charge in [-0.25, -0.2) is 0 Å². The Labute approximate surface area is 165 Å². The molecule has 0 aliphatic carbocycles. The molecule has 3 nitrogen and oxygen atoms in total. The van der Waals surface area contributed by atoms with Crippen LogP contribution in [0.3, 0.4) is 0 Å². The largest absolute Gasteiger partial charge is 0.497 e. The van der Waals surface area contributed by atoms with Gasteiger partial charge in [-0.15, -0.1) is 12.4 Å². The normalized spacial score (nSPS) is 12.5. The van der Waals surface area contributed by atoms with E-state index in [2.05, 4.69) is 80.8 Å². The molecule has 0 aliphatic heterocycles. The van der Waals surface area contributed by atoms with Crippen molar-refractivity contribution in [2.24, 2.45) is 0 Å². The van der Waals surface area contributed by atoms with Crippen molar-refractivity contribution in [1.82, 2.24) is 10.6 Å². The van der Waals surface area contributed by atoms with E-state index in [-0.39, 0.29) is 24.0 Å². The lowest BCUT2D eigenvalue weighted by Crippen LogP contribution is -2.50. The Morgan fingerprint density at radius 3 is 2.12 bits per heavy atom. The first-order valence-electron chi connectivity index (χ1n) is 9.08. The molecule has 0 saturated heterocycles. The molecule has 2 aromatic carbocycles. The van der Waals surface area contributed by atoms with E-state index in [1.54, 1.807) is 7.11 Å². The minimum atomic E-state index is -0.0103. The smallest absolute Gasteiger partial charge is 0.118 e. The van der Waals surface area contributed by atoms with Gasteiger partial charge >= 0.3 is 0 Å². The summed E-state index contributed by atoms with van der Waals surface area (Å²) in [7, 11) is 1.70. The van der Waals surface area contributed by atoms with E-state index in [1.165, 1.54) is 11.1 Å². The standard InChI is InChI=1S/C22H32N2O.ClH/c1-17(2)23-16-22(3,4)24-21(15-18-9-7-6-8-10-18)19-11-13-20(25-5)14-12-19;/h6-14,17,21,23-24H,15-16H2,1-5H3;1H. The number of benzene rings is 2. The van der Waals surface area contributed by atoms with Gasteiger partial charge in [0.05, 0.1) is 7.11 Å². The van der Waals surface area contributed by atoms with Crippen LogP contribution in [0.5, 0.6) is 5.75 Å². The summed E-state index contributed by atoms with van der Waals surface area (Å²) in [6, 6.07) is 19.8. The van der Waals surface area contributed by atoms with Gasteiger partial charge in [-0.1, -0.05) is 56.3 Å². The average Bonchev–Trinajstić information content (AvgIpc) is 2.60. The van der Waals surface area contributed by atoms with Crippen LogP contribution in [0.15, 0.2) is 54.6 Å². The maximum absolute atomic E-state index is 5.30. The minimum absolute atomic E-state index is 0. The molecule has 1 unspecified atom stereocenters. The van der Waals surface area contributed by atoms with Gasteiger partial charge in [-0.3, -0.25) is 0 Å². The van der Waals surface area contributed by atoms with Crippen molar-refractivity contribution < 1.29 is 4.74 Å². The summed E-state index contributed by atoms with van der Waals surface area (Å²) in [5.74, 6) is 0.892. The molecule has 0 bridgehead atoms. The lowest BCUT2D eigenvalue weighted by atomic mass is 9.94. The lowest BCUT2D eigenvalue weighted by Gasteiger charge is -2.33. The van der Waals surface area contributed by atoms with Gasteiger partial charge in [-0.05, 0) is 43.5 Å². The molecule has 0 aliphatic rings. The van der Waals surface area contributed by atoms with Crippen LogP contribution in [0.2, 0.25) is 0 Å². The zero-order valence-corrected chi connectivity index (χ0v) is 17.4. The highest BCUT2D eigenvalue weighted by Gasteiger charge is 2.23. The Hall–Kier alpha value is -1.55. The van der Waals surface area contributed by atoms with Crippen LogP contribution in [0, 0.1) is 0 Å². The molecule has 0 saturated carbocycles. The van der Waals surface area contributed by atoms with E-state index in [4.69, 9.17) is 4.74 Å². The maximum atomic E-state index is 5.30. The summed E-state index contributed by atoms with van der Waals surface area (Å²) >= 11 is 0. The van der Waals surface area contributed by atoms with Crippen LogP contribution >= 0.6 is 12.4 Å². The molecule has 0 heterocycles. The molecule has 0 spiro atoms. The Balaban J connectivity index is 0.00000338. The van der Waals surface area contributed by atoms with Crippen molar-refractivity contribution >= 4 is 12.4 Å². The average molecular weight is 377 g/mol. The SMILES string of the molecule is COc1ccc(C(Cc2ccccc2)NC(C)(C)CNC(C)C)cc1.Cl. The van der Waals surface area contributed by atoms with Gasteiger partial charge in [-0.2, -0.15) is 0 Å². The van der Waals surface area contributed by atoms with E-state index in [1.807, 2.05) is 12.1 Å². The molecular weight excluding hydrogens is 344 g/mol. The van der Waals surface area contributed by atoms with Crippen LogP contribution in [0.25, 0.3) is 0 Å². The highest BCUT2D eigenvalue weighted by Crippen LogP contribution is 2.24. The summed E-state index contributed by atoms with van der Waals surface area (Å²) in [5.41, 5.74) is 2.61. The zero-order valence-electron chi connectivity index (χ0n) is 16.6. The second-order valence-corrected chi connectivity index (χ2v) is 7.58. The number of halogens is 1. The molecule has 2 N–H and O–H groups in total. The lowest BCUT2D eigenvalue weighted by molar-refractivity contribution is 0.311.